The zero-order valence-corrected chi connectivity index (χ0v) is 22.1. The molecule has 0 saturated heterocycles. The van der Waals surface area contributed by atoms with Crippen molar-refractivity contribution in [1.82, 2.24) is 5.32 Å². The normalized spacial score (nSPS) is 20.2. The molecule has 2 aromatic rings. The number of hydrogen-bond acceptors (Lipinski definition) is 7. The second-order valence-electron chi connectivity index (χ2n) is 10.2. The molecule has 2 aromatic carbocycles. The van der Waals surface area contributed by atoms with Gasteiger partial charge < -0.3 is 25.9 Å². The molecule has 0 spiro atoms. The Morgan fingerprint density at radius 3 is 2.47 bits per heavy atom. The summed E-state index contributed by atoms with van der Waals surface area (Å²) in [4.78, 5) is 12.1. The van der Waals surface area contributed by atoms with Gasteiger partial charge in [-0.15, -0.1) is 0 Å². The minimum Gasteiger partial charge on any atom is -0.493 e. The molecule has 4 rings (SSSR count). The van der Waals surface area contributed by atoms with Crippen molar-refractivity contribution in [3.05, 3.63) is 71.7 Å². The van der Waals surface area contributed by atoms with Gasteiger partial charge in [0.25, 0.3) is 0 Å². The van der Waals surface area contributed by atoms with Crippen molar-refractivity contribution >= 4 is 17.4 Å². The van der Waals surface area contributed by atoms with Gasteiger partial charge >= 0.3 is 5.97 Å². The Labute approximate surface area is 224 Å². The zero-order valence-electron chi connectivity index (χ0n) is 22.1. The van der Waals surface area contributed by atoms with Gasteiger partial charge in [0.05, 0.1) is 17.9 Å². The van der Waals surface area contributed by atoms with Crippen LogP contribution in [-0.4, -0.2) is 30.4 Å². The van der Waals surface area contributed by atoms with Gasteiger partial charge in [0.2, 0.25) is 0 Å². The molecule has 2 fully saturated rings. The van der Waals surface area contributed by atoms with Crippen LogP contribution in [0.1, 0.15) is 45.4 Å². The van der Waals surface area contributed by atoms with Crippen LogP contribution >= 0.6 is 0 Å². The van der Waals surface area contributed by atoms with E-state index in [9.17, 15) is 9.90 Å². The summed E-state index contributed by atoms with van der Waals surface area (Å²) >= 11 is 0. The maximum absolute atomic E-state index is 12.1. The highest BCUT2D eigenvalue weighted by Gasteiger charge is 2.45. The van der Waals surface area contributed by atoms with Gasteiger partial charge in [0.15, 0.2) is 0 Å². The first-order valence-electron chi connectivity index (χ1n) is 13.3. The van der Waals surface area contributed by atoms with Gasteiger partial charge in [-0.25, -0.2) is 10.3 Å². The van der Waals surface area contributed by atoms with Crippen LogP contribution < -0.4 is 15.4 Å². The highest BCUT2D eigenvalue weighted by atomic mass is 16.5. The summed E-state index contributed by atoms with van der Waals surface area (Å²) in [6.45, 7) is 2.23. The first-order chi connectivity index (χ1) is 18.4. The van der Waals surface area contributed by atoms with Gasteiger partial charge in [-0.05, 0) is 67.5 Å². The summed E-state index contributed by atoms with van der Waals surface area (Å²) in [5, 5.41) is 27.9. The lowest BCUT2D eigenvalue weighted by atomic mass is 9.90. The predicted molar refractivity (Wildman–Crippen MR) is 150 cm³/mol. The van der Waals surface area contributed by atoms with E-state index in [1.807, 2.05) is 48.5 Å². The smallest absolute Gasteiger partial charge is 0.339 e. The SMILES string of the molecule is CN/C=C(\N=N)C1CC1/C(Nc1cccc(-c2cccc(OCC3CCCCC3)c2)c1)=C(/C(C)=N)C(=O)O. The van der Waals surface area contributed by atoms with Gasteiger partial charge in [-0.1, -0.05) is 43.5 Å². The Morgan fingerprint density at radius 1 is 1.11 bits per heavy atom. The molecule has 0 amide bonds. The fourth-order valence-electron chi connectivity index (χ4n) is 5.29. The minimum atomic E-state index is -1.15. The van der Waals surface area contributed by atoms with Crippen molar-refractivity contribution in [1.29, 1.82) is 10.9 Å². The molecule has 2 aliphatic rings. The Balaban J connectivity index is 1.57. The number of benzene rings is 2. The lowest BCUT2D eigenvalue weighted by Crippen LogP contribution is -2.18. The first kappa shape index (κ1) is 27.1. The Morgan fingerprint density at radius 2 is 1.82 bits per heavy atom. The van der Waals surface area contributed by atoms with Crippen molar-refractivity contribution in [2.45, 2.75) is 45.4 Å². The summed E-state index contributed by atoms with van der Waals surface area (Å²) in [6, 6.07) is 15.9. The van der Waals surface area contributed by atoms with Crippen LogP contribution in [-0.2, 0) is 4.79 Å². The molecule has 8 heteroatoms. The maximum Gasteiger partial charge on any atom is 0.339 e. The molecular formula is C30H37N5O3. The molecule has 0 aliphatic heterocycles. The average molecular weight is 516 g/mol. The number of aliphatic carboxylic acids is 1. The first-order valence-corrected chi connectivity index (χ1v) is 13.3. The average Bonchev–Trinajstić information content (AvgIpc) is 3.71. The lowest BCUT2D eigenvalue weighted by Gasteiger charge is -2.21. The van der Waals surface area contributed by atoms with Crippen LogP contribution in [0.3, 0.4) is 0 Å². The minimum absolute atomic E-state index is 0.0217. The second-order valence-corrected chi connectivity index (χ2v) is 10.2. The molecule has 8 nitrogen and oxygen atoms in total. The number of hydrogen-bond donors (Lipinski definition) is 5. The van der Waals surface area contributed by atoms with E-state index in [4.69, 9.17) is 15.7 Å². The highest BCUT2D eigenvalue weighted by Crippen LogP contribution is 2.50. The van der Waals surface area contributed by atoms with Crippen LogP contribution in [0.4, 0.5) is 5.69 Å². The van der Waals surface area contributed by atoms with E-state index in [1.54, 1.807) is 13.2 Å². The number of rotatable bonds is 12. The molecule has 2 unspecified atom stereocenters. The molecule has 2 saturated carbocycles. The third-order valence-electron chi connectivity index (χ3n) is 7.34. The molecule has 200 valence electrons. The van der Waals surface area contributed by atoms with Gasteiger partial charge in [-0.3, -0.25) is 0 Å². The lowest BCUT2D eigenvalue weighted by molar-refractivity contribution is -0.132. The summed E-state index contributed by atoms with van der Waals surface area (Å²) in [5.41, 5.74) is 11.2. The predicted octanol–water partition coefficient (Wildman–Crippen LogP) is 6.83. The molecule has 0 radical (unpaired) electrons. The van der Waals surface area contributed by atoms with Gasteiger partial charge in [-0.2, -0.15) is 5.11 Å². The highest BCUT2D eigenvalue weighted by molar-refractivity contribution is 6.18. The second kappa shape index (κ2) is 12.5. The number of allylic oxidation sites excluding steroid dienone is 2. The van der Waals surface area contributed by atoms with E-state index in [1.165, 1.54) is 39.0 Å². The quantitative estimate of drug-likeness (QED) is 0.120. The van der Waals surface area contributed by atoms with Crippen LogP contribution in [0.5, 0.6) is 5.75 Å². The van der Waals surface area contributed by atoms with Crippen molar-refractivity contribution in [3.63, 3.8) is 0 Å². The van der Waals surface area contributed by atoms with E-state index in [0.717, 1.165) is 29.2 Å². The van der Waals surface area contributed by atoms with Crippen LogP contribution in [0, 0.1) is 28.7 Å². The molecule has 2 atom stereocenters. The van der Waals surface area contributed by atoms with E-state index in [2.05, 4.69) is 15.7 Å². The van der Waals surface area contributed by atoms with Crippen LogP contribution in [0.2, 0.25) is 0 Å². The van der Waals surface area contributed by atoms with Crippen LogP contribution in [0.25, 0.3) is 11.1 Å². The van der Waals surface area contributed by atoms with Crippen molar-refractivity contribution in [3.8, 4) is 16.9 Å². The molecule has 0 heterocycles. The van der Waals surface area contributed by atoms with Crippen molar-refractivity contribution in [2.75, 3.05) is 19.0 Å². The van der Waals surface area contributed by atoms with Crippen LogP contribution in [0.15, 0.2) is 76.8 Å². The largest absolute Gasteiger partial charge is 0.493 e. The summed E-state index contributed by atoms with van der Waals surface area (Å²) < 4.78 is 6.14. The van der Waals surface area contributed by atoms with E-state index in [0.29, 0.717) is 23.7 Å². The standard InChI is InChI=1S/C30H37N5O3/c1-19(31)28(30(36)37)29(26-16-25(26)27(35-32)17-33-2)34-23-12-6-10-21(14-23)22-11-7-13-24(15-22)38-18-20-8-4-3-5-9-20/h6-7,10-15,17,20,25-26,31-34H,3-5,8-9,16,18H2,1-2H3,(H,36,37)/b27-17-,29-28+,31-19?,35-32?. The van der Waals surface area contributed by atoms with Gasteiger partial charge in [0, 0.05) is 42.2 Å². The monoisotopic (exact) mass is 515 g/mol. The Bertz CT molecular complexity index is 1230. The maximum atomic E-state index is 12.1. The zero-order chi connectivity index (χ0) is 27.1. The number of ether oxygens (including phenoxy) is 1. The third-order valence-corrected chi connectivity index (χ3v) is 7.34. The molecule has 2 aliphatic carbocycles. The van der Waals surface area contributed by atoms with Crippen molar-refractivity contribution in [2.24, 2.45) is 22.9 Å². The molecule has 0 bridgehead atoms. The number of anilines is 1. The van der Waals surface area contributed by atoms with E-state index in [-0.39, 0.29) is 23.1 Å². The molecule has 0 aromatic heterocycles. The molecular weight excluding hydrogens is 478 g/mol. The Kier molecular flexibility index (Phi) is 8.94. The van der Waals surface area contributed by atoms with Gasteiger partial charge in [0.1, 0.15) is 5.75 Å². The van der Waals surface area contributed by atoms with Crippen molar-refractivity contribution < 1.29 is 14.6 Å². The fraction of sp³-hybridized carbons (Fsp3) is 0.400. The number of carbonyl (C=O) groups is 1. The number of nitrogens with zero attached hydrogens (tertiary/aromatic N) is 1. The summed E-state index contributed by atoms with van der Waals surface area (Å²) in [7, 11) is 1.74. The Hall–Kier alpha value is -3.94. The summed E-state index contributed by atoms with van der Waals surface area (Å²) in [6.07, 6.45) is 8.70. The molecule has 38 heavy (non-hydrogen) atoms. The third kappa shape index (κ3) is 6.68. The topological polar surface area (TPSA) is 131 Å². The number of nitrogens with one attached hydrogen (secondary N) is 4. The summed E-state index contributed by atoms with van der Waals surface area (Å²) in [5.74, 6) is 0.0750. The van der Waals surface area contributed by atoms with E-state index < -0.39 is 5.97 Å². The van der Waals surface area contributed by atoms with E-state index >= 15 is 0 Å². The molecule has 5 N–H and O–H groups in total. The fourth-order valence-corrected chi connectivity index (χ4v) is 5.29. The number of carboxylic acids is 1. The number of carboxylic acid groups (broad SMARTS) is 1.